The topological polar surface area (TPSA) is 52.7 Å². The minimum absolute atomic E-state index is 0.0882. The number of hydrogen-bond donors (Lipinski definition) is 1. The summed E-state index contributed by atoms with van der Waals surface area (Å²) in [6.07, 6.45) is 2.27. The van der Waals surface area contributed by atoms with Gasteiger partial charge in [0.15, 0.2) is 0 Å². The maximum atomic E-state index is 12.4. The number of amides is 2. The van der Waals surface area contributed by atoms with E-state index >= 15 is 0 Å². The molecule has 132 valence electrons. The quantitative estimate of drug-likeness (QED) is 0.901. The molecule has 5 nitrogen and oxygen atoms in total. The van der Waals surface area contributed by atoms with Crippen LogP contribution in [-0.4, -0.2) is 54.8 Å². The second-order valence-electron chi connectivity index (χ2n) is 7.07. The summed E-state index contributed by atoms with van der Waals surface area (Å²) in [6.45, 7) is 8.31. The average Bonchev–Trinajstić information content (AvgIpc) is 2.51. The lowest BCUT2D eigenvalue weighted by Gasteiger charge is -2.32. The van der Waals surface area contributed by atoms with Crippen molar-refractivity contribution in [2.45, 2.75) is 33.6 Å². The zero-order chi connectivity index (χ0) is 17.7. The number of nitrogens with zero attached hydrogens (tertiary/aromatic N) is 2. The number of hydrogen-bond acceptors (Lipinski definition) is 3. The molecule has 0 aliphatic carbocycles. The molecule has 1 N–H and O–H groups in total. The number of para-hydroxylation sites is 1. The van der Waals surface area contributed by atoms with Gasteiger partial charge in [0.25, 0.3) is 0 Å². The van der Waals surface area contributed by atoms with Crippen molar-refractivity contribution in [1.82, 2.24) is 9.80 Å². The molecule has 0 spiro atoms. The zero-order valence-electron chi connectivity index (χ0n) is 15.3. The number of anilines is 1. The summed E-state index contributed by atoms with van der Waals surface area (Å²) < 4.78 is 0. The van der Waals surface area contributed by atoms with Crippen LogP contribution in [0, 0.1) is 19.8 Å². The van der Waals surface area contributed by atoms with E-state index in [1.807, 2.05) is 44.0 Å². The minimum Gasteiger partial charge on any atom is -0.341 e. The second kappa shape index (κ2) is 8.29. The Labute approximate surface area is 145 Å². The van der Waals surface area contributed by atoms with E-state index in [0.717, 1.165) is 36.3 Å². The van der Waals surface area contributed by atoms with Crippen LogP contribution in [0.25, 0.3) is 0 Å². The van der Waals surface area contributed by atoms with Gasteiger partial charge in [0, 0.05) is 18.8 Å². The summed E-state index contributed by atoms with van der Waals surface area (Å²) in [7, 11) is 1.82. The molecule has 1 aromatic carbocycles. The Morgan fingerprint density at radius 2 is 1.92 bits per heavy atom. The van der Waals surface area contributed by atoms with Crippen LogP contribution >= 0.6 is 0 Å². The molecule has 1 fully saturated rings. The predicted octanol–water partition coefficient (Wildman–Crippen LogP) is 2.43. The highest BCUT2D eigenvalue weighted by atomic mass is 16.2. The monoisotopic (exact) mass is 331 g/mol. The number of rotatable bonds is 5. The lowest BCUT2D eigenvalue weighted by atomic mass is 10.0. The highest BCUT2D eigenvalue weighted by molar-refractivity contribution is 5.94. The molecule has 1 saturated heterocycles. The number of carbonyl (C=O) groups is 2. The van der Waals surface area contributed by atoms with Crippen molar-refractivity contribution < 1.29 is 9.59 Å². The number of piperidine rings is 1. The van der Waals surface area contributed by atoms with Gasteiger partial charge < -0.3 is 10.2 Å². The fraction of sp³-hybridized carbons (Fsp3) is 0.579. The lowest BCUT2D eigenvalue weighted by molar-refractivity contribution is -0.134. The first-order valence-electron chi connectivity index (χ1n) is 8.69. The lowest BCUT2D eigenvalue weighted by Crippen LogP contribution is -2.45. The van der Waals surface area contributed by atoms with E-state index in [9.17, 15) is 9.59 Å². The first kappa shape index (κ1) is 18.5. The Balaban J connectivity index is 1.84. The number of likely N-dealkylation sites (tertiary alicyclic amines) is 1. The van der Waals surface area contributed by atoms with Crippen molar-refractivity contribution in [3.63, 3.8) is 0 Å². The molecule has 0 radical (unpaired) electrons. The smallest absolute Gasteiger partial charge is 0.238 e. The molecule has 2 amide bonds. The van der Waals surface area contributed by atoms with E-state index in [0.29, 0.717) is 5.92 Å². The van der Waals surface area contributed by atoms with Crippen molar-refractivity contribution >= 4 is 17.5 Å². The van der Waals surface area contributed by atoms with Crippen molar-refractivity contribution in [3.05, 3.63) is 29.3 Å². The Morgan fingerprint density at radius 1 is 1.25 bits per heavy atom. The highest BCUT2D eigenvalue weighted by Gasteiger charge is 2.22. The Hall–Kier alpha value is -1.88. The molecule has 1 aromatic rings. The molecule has 1 atom stereocenters. The van der Waals surface area contributed by atoms with Gasteiger partial charge >= 0.3 is 0 Å². The van der Waals surface area contributed by atoms with Crippen molar-refractivity contribution in [1.29, 1.82) is 0 Å². The van der Waals surface area contributed by atoms with Gasteiger partial charge in [0.2, 0.25) is 11.8 Å². The second-order valence-corrected chi connectivity index (χ2v) is 7.07. The van der Waals surface area contributed by atoms with Gasteiger partial charge in [-0.3, -0.25) is 14.5 Å². The SMILES string of the molecule is Cc1cccc(C)c1NC(=O)CN(C)CC(=O)N1CCC[C@@H](C)C1. The zero-order valence-corrected chi connectivity index (χ0v) is 15.3. The maximum Gasteiger partial charge on any atom is 0.238 e. The van der Waals surface area contributed by atoms with Crippen LogP contribution in [0.5, 0.6) is 0 Å². The van der Waals surface area contributed by atoms with Crippen LogP contribution < -0.4 is 5.32 Å². The van der Waals surface area contributed by atoms with Gasteiger partial charge in [-0.15, -0.1) is 0 Å². The van der Waals surface area contributed by atoms with Gasteiger partial charge in [-0.1, -0.05) is 25.1 Å². The molecule has 1 aliphatic heterocycles. The van der Waals surface area contributed by atoms with Gasteiger partial charge in [-0.25, -0.2) is 0 Å². The fourth-order valence-electron chi connectivity index (χ4n) is 3.24. The third-order valence-corrected chi connectivity index (χ3v) is 4.57. The summed E-state index contributed by atoms with van der Waals surface area (Å²) in [6, 6.07) is 5.94. The number of nitrogens with one attached hydrogen (secondary N) is 1. The molecule has 1 heterocycles. The van der Waals surface area contributed by atoms with Crippen LogP contribution in [0.15, 0.2) is 18.2 Å². The largest absolute Gasteiger partial charge is 0.341 e. The molecule has 0 saturated carbocycles. The number of carbonyl (C=O) groups excluding carboxylic acids is 2. The van der Waals surface area contributed by atoms with E-state index in [1.54, 1.807) is 4.90 Å². The van der Waals surface area contributed by atoms with Crippen molar-refractivity contribution in [2.75, 3.05) is 38.5 Å². The summed E-state index contributed by atoms with van der Waals surface area (Å²) in [5.74, 6) is 0.596. The molecule has 2 rings (SSSR count). The first-order valence-corrected chi connectivity index (χ1v) is 8.69. The number of benzene rings is 1. The van der Waals surface area contributed by atoms with Gasteiger partial charge in [-0.2, -0.15) is 0 Å². The Bertz CT molecular complexity index is 580. The molecule has 0 aromatic heterocycles. The van der Waals surface area contributed by atoms with E-state index in [4.69, 9.17) is 0 Å². The molecule has 1 aliphatic rings. The van der Waals surface area contributed by atoms with Gasteiger partial charge in [-0.05, 0) is 50.8 Å². The van der Waals surface area contributed by atoms with E-state index < -0.39 is 0 Å². The summed E-state index contributed by atoms with van der Waals surface area (Å²) in [4.78, 5) is 28.3. The fourth-order valence-corrected chi connectivity index (χ4v) is 3.24. The van der Waals surface area contributed by atoms with Crippen LogP contribution in [-0.2, 0) is 9.59 Å². The summed E-state index contributed by atoms with van der Waals surface area (Å²) in [5, 5.41) is 2.96. The van der Waals surface area contributed by atoms with Crippen LogP contribution in [0.3, 0.4) is 0 Å². The van der Waals surface area contributed by atoms with Crippen LogP contribution in [0.1, 0.15) is 30.9 Å². The van der Waals surface area contributed by atoms with Gasteiger partial charge in [0.1, 0.15) is 0 Å². The van der Waals surface area contributed by atoms with Crippen LogP contribution in [0.2, 0.25) is 0 Å². The van der Waals surface area contributed by atoms with E-state index in [1.165, 1.54) is 6.42 Å². The molecular formula is C19H29N3O2. The van der Waals surface area contributed by atoms with Crippen molar-refractivity contribution in [3.8, 4) is 0 Å². The molecular weight excluding hydrogens is 302 g/mol. The standard InChI is InChI=1S/C19H29N3O2/c1-14-7-6-10-22(11-14)18(24)13-21(4)12-17(23)20-19-15(2)8-5-9-16(19)3/h5,8-9,14H,6-7,10-13H2,1-4H3,(H,20,23)/t14-/m1/s1. The van der Waals surface area contributed by atoms with E-state index in [-0.39, 0.29) is 24.9 Å². The normalized spacial score (nSPS) is 17.9. The third kappa shape index (κ3) is 5.06. The maximum absolute atomic E-state index is 12.4. The highest BCUT2D eigenvalue weighted by Crippen LogP contribution is 2.19. The summed E-state index contributed by atoms with van der Waals surface area (Å²) >= 11 is 0. The van der Waals surface area contributed by atoms with Crippen LogP contribution in [0.4, 0.5) is 5.69 Å². The number of aryl methyl sites for hydroxylation is 2. The molecule has 0 bridgehead atoms. The Morgan fingerprint density at radius 3 is 2.54 bits per heavy atom. The van der Waals surface area contributed by atoms with Crippen molar-refractivity contribution in [2.24, 2.45) is 5.92 Å². The predicted molar refractivity (Wildman–Crippen MR) is 97.0 cm³/mol. The van der Waals surface area contributed by atoms with Gasteiger partial charge in [0.05, 0.1) is 13.1 Å². The molecule has 0 unspecified atom stereocenters. The minimum atomic E-state index is -0.0882. The molecule has 24 heavy (non-hydrogen) atoms. The van der Waals surface area contributed by atoms with E-state index in [2.05, 4.69) is 12.2 Å². The average molecular weight is 331 g/mol. The molecule has 5 heteroatoms. The third-order valence-electron chi connectivity index (χ3n) is 4.57. The Kier molecular flexibility index (Phi) is 6.37. The number of likely N-dealkylation sites (N-methyl/N-ethyl adjacent to an activating group) is 1. The first-order chi connectivity index (χ1) is 11.4. The summed E-state index contributed by atoms with van der Waals surface area (Å²) in [5.41, 5.74) is 2.96.